The fraction of sp³-hybridized carbons (Fsp3) is 0.227. The number of alkyl halides is 6. The molecule has 0 aliphatic carbocycles. The maximum atomic E-state index is 12.7. The van der Waals surface area contributed by atoms with Crippen LogP contribution in [-0.4, -0.2) is 56.5 Å². The third kappa shape index (κ3) is 13.5. The number of nitrogens with two attached hydrogens (primary N) is 1. The van der Waals surface area contributed by atoms with E-state index in [2.05, 4.69) is 10.1 Å². The van der Waals surface area contributed by atoms with Crippen LogP contribution in [0.15, 0.2) is 121 Å². The average molecular weight is 825 g/mol. The lowest BCUT2D eigenvalue weighted by molar-refractivity contribution is -0.138. The number of nitrogens with one attached hydrogen (secondary N) is 1. The second kappa shape index (κ2) is 20.5. The van der Waals surface area contributed by atoms with Gasteiger partial charge in [0, 0.05) is 42.6 Å². The van der Waals surface area contributed by atoms with E-state index in [1.165, 1.54) is 36.4 Å². The minimum Gasteiger partial charge on any atom is -0.478 e. The number of ether oxygens (including phenoxy) is 4. The van der Waals surface area contributed by atoms with E-state index in [0.29, 0.717) is 46.8 Å². The topological polar surface area (TPSA) is 129 Å². The molecule has 0 radical (unpaired) electrons. The monoisotopic (exact) mass is 824 g/mol. The number of carboxylic acids is 1. The van der Waals surface area contributed by atoms with Crippen molar-refractivity contribution in [1.82, 2.24) is 5.32 Å². The van der Waals surface area contributed by atoms with Crippen molar-refractivity contribution in [2.24, 2.45) is 5.73 Å². The summed E-state index contributed by atoms with van der Waals surface area (Å²) in [6.07, 6.45) is -8.79. The van der Waals surface area contributed by atoms with Crippen LogP contribution in [0.4, 0.5) is 26.3 Å². The van der Waals surface area contributed by atoms with E-state index in [4.69, 9.17) is 25.1 Å². The number of carbonyl (C=O) groups excluding carboxylic acids is 1. The third-order valence-corrected chi connectivity index (χ3v) is 8.23. The van der Waals surface area contributed by atoms with Gasteiger partial charge in [-0.1, -0.05) is 24.3 Å². The Morgan fingerprint density at radius 3 is 1.42 bits per heavy atom. The quantitative estimate of drug-likeness (QED) is 0.110. The van der Waals surface area contributed by atoms with Crippen molar-refractivity contribution >= 4 is 33.4 Å². The fourth-order valence-electron chi connectivity index (χ4n) is 5.50. The zero-order valence-electron chi connectivity index (χ0n) is 32.4. The molecule has 0 aliphatic rings. The summed E-state index contributed by atoms with van der Waals surface area (Å²) < 4.78 is 96.9. The number of fused-ring (bicyclic) bond motifs is 2. The number of benzene rings is 6. The van der Waals surface area contributed by atoms with Crippen LogP contribution in [0.3, 0.4) is 0 Å². The van der Waals surface area contributed by atoms with Crippen LogP contribution in [0.25, 0.3) is 21.5 Å². The van der Waals surface area contributed by atoms with E-state index in [-0.39, 0.29) is 29.3 Å². The van der Waals surface area contributed by atoms with Gasteiger partial charge in [0.25, 0.3) is 5.91 Å². The summed E-state index contributed by atoms with van der Waals surface area (Å²) in [7, 11) is 3.21. The Morgan fingerprint density at radius 2 is 1.05 bits per heavy atom. The highest BCUT2D eigenvalue weighted by Crippen LogP contribution is 2.35. The highest BCUT2D eigenvalue weighted by atomic mass is 19.4. The first-order chi connectivity index (χ1) is 27.9. The molecule has 4 N–H and O–H groups in total. The van der Waals surface area contributed by atoms with Gasteiger partial charge in [-0.15, -0.1) is 0 Å². The highest BCUT2D eigenvalue weighted by molar-refractivity contribution is 6.00. The predicted octanol–water partition coefficient (Wildman–Crippen LogP) is 10.7. The van der Waals surface area contributed by atoms with E-state index >= 15 is 0 Å². The molecule has 0 aliphatic heterocycles. The van der Waals surface area contributed by atoms with Crippen molar-refractivity contribution in [2.45, 2.75) is 38.3 Å². The fourth-order valence-corrected chi connectivity index (χ4v) is 5.50. The normalized spacial score (nSPS) is 12.3. The van der Waals surface area contributed by atoms with Crippen LogP contribution < -0.4 is 20.5 Å². The Kier molecular flexibility index (Phi) is 15.8. The van der Waals surface area contributed by atoms with Gasteiger partial charge in [-0.05, 0) is 122 Å². The summed E-state index contributed by atoms with van der Waals surface area (Å²) in [5.74, 6) is 0.223. The molecule has 0 unspecified atom stereocenters. The molecule has 0 spiro atoms. The first-order valence-electron chi connectivity index (χ1n) is 17.9. The lowest BCUT2D eigenvalue weighted by Crippen LogP contribution is -2.35. The van der Waals surface area contributed by atoms with Gasteiger partial charge in [-0.2, -0.15) is 26.3 Å². The molecule has 0 saturated carbocycles. The summed E-state index contributed by atoms with van der Waals surface area (Å²) in [5, 5.41) is 14.7. The number of hydrogen-bond donors (Lipinski definition) is 3. The van der Waals surface area contributed by atoms with Gasteiger partial charge in [0.2, 0.25) is 0 Å². The Balaban J connectivity index is 0.000000232. The Hall–Kier alpha value is -6.16. The molecule has 312 valence electrons. The van der Waals surface area contributed by atoms with E-state index < -0.39 is 29.4 Å². The molecule has 15 heteroatoms. The number of rotatable bonds is 11. The lowest BCUT2D eigenvalue weighted by Gasteiger charge is -2.14. The molecule has 2 atom stereocenters. The summed E-state index contributed by atoms with van der Waals surface area (Å²) in [6, 6.07) is 29.1. The standard InChI is InChI=1S/C22H20F3NO3.C18H11F3O3.C4H11NO/c1-14(13-28-2)26-21(27)16-6-11-19-15(12-16)4-3-5-20(19)29-18-9-7-17(8-10-18)22(23,24)25;19-18(20,21)13-5-7-14(8-6-13)24-16-3-1-2-11-10-12(17(22)23)4-9-15(11)16;1-4(5)3-6-2/h3-12,14H,13H2,1-2H3,(H,26,27);1-10H,(H,22,23);4H,3,5H2,1-2H3/t14-;;4-/m0.0/s1. The molecular weight excluding hydrogens is 782 g/mol. The van der Waals surface area contributed by atoms with E-state index in [1.807, 2.05) is 19.9 Å². The van der Waals surface area contributed by atoms with Crippen molar-refractivity contribution in [2.75, 3.05) is 27.4 Å². The maximum Gasteiger partial charge on any atom is 0.416 e. The number of carboxylic acid groups (broad SMARTS) is 1. The van der Waals surface area contributed by atoms with Gasteiger partial charge in [-0.3, -0.25) is 4.79 Å². The van der Waals surface area contributed by atoms with E-state index in [0.717, 1.165) is 35.0 Å². The van der Waals surface area contributed by atoms with Crippen LogP contribution >= 0.6 is 0 Å². The SMILES string of the molecule is COC[C@H](C)N.COC[C@H](C)NC(=O)c1ccc2c(Oc3ccc(C(F)(F)F)cc3)cccc2c1.O=C(O)c1ccc2c(Oc3ccc(C(F)(F)F)cc3)cccc2c1. The van der Waals surface area contributed by atoms with Crippen molar-refractivity contribution in [1.29, 1.82) is 0 Å². The molecule has 0 heterocycles. The smallest absolute Gasteiger partial charge is 0.416 e. The van der Waals surface area contributed by atoms with E-state index in [1.54, 1.807) is 68.8 Å². The van der Waals surface area contributed by atoms with Gasteiger partial charge < -0.3 is 35.1 Å². The third-order valence-electron chi connectivity index (χ3n) is 8.23. The number of halogens is 6. The largest absolute Gasteiger partial charge is 0.478 e. The number of carbonyl (C=O) groups is 2. The number of aromatic carboxylic acids is 1. The summed E-state index contributed by atoms with van der Waals surface area (Å²) in [5.41, 5.74) is 4.43. The van der Waals surface area contributed by atoms with Crippen molar-refractivity contribution in [3.05, 3.63) is 144 Å². The zero-order chi connectivity index (χ0) is 43.3. The molecule has 6 aromatic carbocycles. The Labute approximate surface area is 336 Å². The van der Waals surface area contributed by atoms with Crippen LogP contribution in [0.5, 0.6) is 23.0 Å². The van der Waals surface area contributed by atoms with Crippen LogP contribution in [-0.2, 0) is 21.8 Å². The minimum atomic E-state index is -4.40. The van der Waals surface area contributed by atoms with Crippen molar-refractivity contribution in [3.8, 4) is 23.0 Å². The molecule has 6 rings (SSSR count). The second-order valence-electron chi connectivity index (χ2n) is 13.2. The van der Waals surface area contributed by atoms with Crippen LogP contribution in [0.2, 0.25) is 0 Å². The number of amides is 1. The molecule has 1 amide bonds. The summed E-state index contributed by atoms with van der Waals surface area (Å²) in [4.78, 5) is 23.4. The first kappa shape index (κ1) is 45.5. The van der Waals surface area contributed by atoms with Gasteiger partial charge in [0.1, 0.15) is 23.0 Å². The van der Waals surface area contributed by atoms with Gasteiger partial charge in [0.15, 0.2) is 0 Å². The van der Waals surface area contributed by atoms with Gasteiger partial charge >= 0.3 is 18.3 Å². The molecular formula is C44H42F6N2O7. The van der Waals surface area contributed by atoms with Crippen LogP contribution in [0.1, 0.15) is 45.7 Å². The molecule has 6 aromatic rings. The van der Waals surface area contributed by atoms with Crippen LogP contribution in [0, 0.1) is 0 Å². The van der Waals surface area contributed by atoms with Gasteiger partial charge in [0.05, 0.1) is 29.9 Å². The summed E-state index contributed by atoms with van der Waals surface area (Å²) >= 11 is 0. The molecule has 9 nitrogen and oxygen atoms in total. The Morgan fingerprint density at radius 1 is 0.627 bits per heavy atom. The van der Waals surface area contributed by atoms with E-state index in [9.17, 15) is 35.9 Å². The lowest BCUT2D eigenvalue weighted by atomic mass is 10.1. The second-order valence-corrected chi connectivity index (χ2v) is 13.2. The zero-order valence-corrected chi connectivity index (χ0v) is 32.4. The first-order valence-corrected chi connectivity index (χ1v) is 17.9. The highest BCUT2D eigenvalue weighted by Gasteiger charge is 2.31. The molecule has 0 saturated heterocycles. The number of methoxy groups -OCH3 is 2. The molecule has 59 heavy (non-hydrogen) atoms. The molecule has 0 bridgehead atoms. The average Bonchev–Trinajstić information content (AvgIpc) is 3.18. The Bertz CT molecular complexity index is 2310. The number of hydrogen-bond acceptors (Lipinski definition) is 7. The predicted molar refractivity (Wildman–Crippen MR) is 212 cm³/mol. The van der Waals surface area contributed by atoms with Crippen molar-refractivity contribution < 1.29 is 60.0 Å². The summed E-state index contributed by atoms with van der Waals surface area (Å²) in [6.45, 7) is 4.81. The maximum absolute atomic E-state index is 12.7. The minimum absolute atomic E-state index is 0.127. The van der Waals surface area contributed by atoms with Gasteiger partial charge in [-0.25, -0.2) is 4.79 Å². The van der Waals surface area contributed by atoms with Crippen molar-refractivity contribution in [3.63, 3.8) is 0 Å². The molecule has 0 aromatic heterocycles. The molecule has 0 fully saturated rings.